The quantitative estimate of drug-likeness (QED) is 0.609. The van der Waals surface area contributed by atoms with Crippen LogP contribution in [0.5, 0.6) is 0 Å². The lowest BCUT2D eigenvalue weighted by Crippen LogP contribution is -2.50. The smallest absolute Gasteiger partial charge is 0.366 e. The molecule has 0 aliphatic carbocycles. The minimum atomic E-state index is -4.32. The highest BCUT2D eigenvalue weighted by molar-refractivity contribution is 5.99. The monoisotopic (exact) mass is 502 g/mol. The van der Waals surface area contributed by atoms with Crippen molar-refractivity contribution in [3.8, 4) is 0 Å². The third kappa shape index (κ3) is 6.16. The Balaban J connectivity index is 1.53. The lowest BCUT2D eigenvalue weighted by atomic mass is 9.87. The van der Waals surface area contributed by atoms with Crippen LogP contribution < -0.4 is 20.9 Å². The number of rotatable bonds is 6. The van der Waals surface area contributed by atoms with E-state index in [1.54, 1.807) is 58.3 Å². The number of alkyl halides is 3. The van der Waals surface area contributed by atoms with Crippen molar-refractivity contribution >= 4 is 34.8 Å². The van der Waals surface area contributed by atoms with Gasteiger partial charge in [0.25, 0.3) is 0 Å². The Morgan fingerprint density at radius 1 is 1.03 bits per heavy atom. The second kappa shape index (κ2) is 10.6. The van der Waals surface area contributed by atoms with Crippen LogP contribution >= 0.6 is 0 Å². The van der Waals surface area contributed by atoms with Gasteiger partial charge in [0.05, 0.1) is 0 Å². The van der Waals surface area contributed by atoms with E-state index in [9.17, 15) is 27.6 Å². The van der Waals surface area contributed by atoms with Crippen molar-refractivity contribution in [2.45, 2.75) is 50.7 Å². The number of primary amides is 1. The van der Waals surface area contributed by atoms with E-state index in [4.69, 9.17) is 5.73 Å². The van der Waals surface area contributed by atoms with E-state index in [1.165, 1.54) is 0 Å². The second-order valence-electron chi connectivity index (χ2n) is 9.37. The third-order valence-corrected chi connectivity index (χ3v) is 6.77. The molecular weight excluding hydrogens is 473 g/mol. The van der Waals surface area contributed by atoms with Gasteiger partial charge in [-0.3, -0.25) is 14.4 Å². The summed E-state index contributed by atoms with van der Waals surface area (Å²) in [6, 6.07) is 12.4. The summed E-state index contributed by atoms with van der Waals surface area (Å²) in [5.41, 5.74) is 7.42. The van der Waals surface area contributed by atoms with E-state index < -0.39 is 36.4 Å². The number of hydrogen-bond donors (Lipinski definition) is 2. The first-order valence-electron chi connectivity index (χ1n) is 12.1. The lowest BCUT2D eigenvalue weighted by Gasteiger charge is -2.40. The molecule has 2 fully saturated rings. The van der Waals surface area contributed by atoms with E-state index in [-0.39, 0.29) is 30.9 Å². The number of anilines is 3. The molecule has 192 valence electrons. The Hall–Kier alpha value is -3.56. The lowest BCUT2D eigenvalue weighted by molar-refractivity contribution is -0.147. The van der Waals surface area contributed by atoms with E-state index in [2.05, 4.69) is 5.32 Å². The largest absolute Gasteiger partial charge is 0.389 e. The highest BCUT2D eigenvalue weighted by atomic mass is 19.4. The number of nitrogens with two attached hydrogens (primary N) is 1. The summed E-state index contributed by atoms with van der Waals surface area (Å²) in [7, 11) is 0. The fourth-order valence-corrected chi connectivity index (χ4v) is 4.98. The van der Waals surface area contributed by atoms with Crippen LogP contribution in [-0.2, 0) is 9.59 Å². The van der Waals surface area contributed by atoms with Crippen LogP contribution in [0, 0.1) is 5.92 Å². The minimum absolute atomic E-state index is 0.0203. The van der Waals surface area contributed by atoms with Crippen molar-refractivity contribution in [1.29, 1.82) is 0 Å². The van der Waals surface area contributed by atoms with E-state index in [0.29, 0.717) is 24.3 Å². The fraction of sp³-hybridized carbons (Fsp3) is 0.423. The van der Waals surface area contributed by atoms with Gasteiger partial charge >= 0.3 is 6.18 Å². The zero-order valence-corrected chi connectivity index (χ0v) is 19.8. The highest BCUT2D eigenvalue weighted by Crippen LogP contribution is 2.36. The Morgan fingerprint density at radius 2 is 1.78 bits per heavy atom. The standard InChI is InChI=1S/C26H29F3N4O3/c27-26(28,29)16-17-11-13-32(21-5-3-4-18(15-21)24(30)35)22(14-17)25(36)31-19-7-9-20(10-8-19)33-12-2-1-6-23(33)34/h3-5,7-10,15,17,22H,1-2,6,11-14,16H2,(H2,30,35)(H,31,36). The molecule has 2 aliphatic rings. The molecule has 0 aromatic heterocycles. The number of nitrogens with zero attached hydrogens (tertiary/aromatic N) is 2. The first-order chi connectivity index (χ1) is 17.1. The third-order valence-electron chi connectivity index (χ3n) is 6.77. The molecular formula is C26H29F3N4O3. The molecule has 2 aromatic carbocycles. The van der Waals surface area contributed by atoms with Crippen LogP contribution in [0.1, 0.15) is 48.9 Å². The molecule has 2 unspecified atom stereocenters. The maximum Gasteiger partial charge on any atom is 0.389 e. The summed E-state index contributed by atoms with van der Waals surface area (Å²) in [6.07, 6.45) is -2.68. The summed E-state index contributed by atoms with van der Waals surface area (Å²) >= 11 is 0. The summed E-state index contributed by atoms with van der Waals surface area (Å²) in [5.74, 6) is -1.70. The number of nitrogens with one attached hydrogen (secondary N) is 1. The molecule has 3 amide bonds. The van der Waals surface area contributed by atoms with Crippen molar-refractivity contribution in [2.75, 3.05) is 28.2 Å². The number of benzene rings is 2. The Labute approximate surface area is 207 Å². The summed E-state index contributed by atoms with van der Waals surface area (Å²) in [4.78, 5) is 40.6. The zero-order chi connectivity index (χ0) is 25.9. The van der Waals surface area contributed by atoms with E-state index >= 15 is 0 Å². The molecule has 0 radical (unpaired) electrons. The molecule has 0 spiro atoms. The molecule has 2 saturated heterocycles. The molecule has 2 aliphatic heterocycles. The molecule has 2 heterocycles. The predicted molar refractivity (Wildman–Crippen MR) is 131 cm³/mol. The van der Waals surface area contributed by atoms with Gasteiger partial charge in [0, 0.05) is 48.6 Å². The zero-order valence-electron chi connectivity index (χ0n) is 19.8. The van der Waals surface area contributed by atoms with Gasteiger partial charge in [-0.05, 0) is 74.1 Å². The van der Waals surface area contributed by atoms with E-state index in [0.717, 1.165) is 18.5 Å². The second-order valence-corrected chi connectivity index (χ2v) is 9.37. The first-order valence-corrected chi connectivity index (χ1v) is 12.1. The van der Waals surface area contributed by atoms with Crippen molar-refractivity contribution < 1.29 is 27.6 Å². The van der Waals surface area contributed by atoms with Crippen molar-refractivity contribution in [3.05, 3.63) is 54.1 Å². The molecule has 4 rings (SSSR count). The topological polar surface area (TPSA) is 95.7 Å². The molecule has 0 saturated carbocycles. The normalized spacial score (nSPS) is 20.8. The fourth-order valence-electron chi connectivity index (χ4n) is 4.98. The van der Waals surface area contributed by atoms with Crippen LogP contribution in [0.2, 0.25) is 0 Å². The van der Waals surface area contributed by atoms with Crippen LogP contribution in [0.3, 0.4) is 0 Å². The van der Waals surface area contributed by atoms with Gasteiger partial charge in [0.1, 0.15) is 6.04 Å². The number of piperidine rings is 2. The molecule has 36 heavy (non-hydrogen) atoms. The minimum Gasteiger partial charge on any atom is -0.366 e. The predicted octanol–water partition coefficient (Wildman–Crippen LogP) is 4.48. The molecule has 10 heteroatoms. The number of amides is 3. The SMILES string of the molecule is NC(=O)c1cccc(N2CCC(CC(F)(F)F)CC2C(=O)Nc2ccc(N3CCCCC3=O)cc2)c1. The molecule has 2 atom stereocenters. The maximum atomic E-state index is 13.3. The van der Waals surface area contributed by atoms with Crippen molar-refractivity contribution in [1.82, 2.24) is 0 Å². The number of carbonyl (C=O) groups excluding carboxylic acids is 3. The summed E-state index contributed by atoms with van der Waals surface area (Å²) in [5, 5.41) is 2.82. The van der Waals surface area contributed by atoms with Gasteiger partial charge in [0.2, 0.25) is 17.7 Å². The molecule has 3 N–H and O–H groups in total. The van der Waals surface area contributed by atoms with Crippen LogP contribution in [-0.4, -0.2) is 43.0 Å². The van der Waals surface area contributed by atoms with Crippen molar-refractivity contribution in [3.63, 3.8) is 0 Å². The van der Waals surface area contributed by atoms with Gasteiger partial charge in [0.15, 0.2) is 0 Å². The average Bonchev–Trinajstić information content (AvgIpc) is 2.84. The van der Waals surface area contributed by atoms with Gasteiger partial charge in [-0.25, -0.2) is 0 Å². The van der Waals surface area contributed by atoms with Gasteiger partial charge in [-0.15, -0.1) is 0 Å². The summed E-state index contributed by atoms with van der Waals surface area (Å²) < 4.78 is 39.3. The van der Waals surface area contributed by atoms with E-state index in [1.807, 2.05) is 0 Å². The van der Waals surface area contributed by atoms with Gasteiger partial charge in [-0.2, -0.15) is 13.2 Å². The number of hydrogen-bond acceptors (Lipinski definition) is 4. The average molecular weight is 503 g/mol. The number of halogens is 3. The Bertz CT molecular complexity index is 1120. The summed E-state index contributed by atoms with van der Waals surface area (Å²) in [6.45, 7) is 0.879. The number of carbonyl (C=O) groups is 3. The Morgan fingerprint density at radius 3 is 2.44 bits per heavy atom. The van der Waals surface area contributed by atoms with Crippen LogP contribution in [0.15, 0.2) is 48.5 Å². The van der Waals surface area contributed by atoms with Gasteiger partial charge in [-0.1, -0.05) is 6.07 Å². The molecule has 0 bridgehead atoms. The molecule has 7 nitrogen and oxygen atoms in total. The molecule has 2 aromatic rings. The van der Waals surface area contributed by atoms with Gasteiger partial charge < -0.3 is 20.9 Å². The first kappa shape index (κ1) is 25.5. The maximum absolute atomic E-state index is 13.3. The Kier molecular flexibility index (Phi) is 7.51. The van der Waals surface area contributed by atoms with Crippen molar-refractivity contribution in [2.24, 2.45) is 11.7 Å². The van der Waals surface area contributed by atoms with Crippen LogP contribution in [0.4, 0.5) is 30.2 Å². The van der Waals surface area contributed by atoms with Crippen LogP contribution in [0.25, 0.3) is 0 Å². The highest BCUT2D eigenvalue weighted by Gasteiger charge is 2.39.